The van der Waals surface area contributed by atoms with Crippen LogP contribution in [0, 0.1) is 0 Å². The van der Waals surface area contributed by atoms with Crippen molar-refractivity contribution in [2.75, 3.05) is 26.2 Å². The Bertz CT molecular complexity index is 833. The number of aliphatic hydroxyl groups excluding tert-OH is 2. The summed E-state index contributed by atoms with van der Waals surface area (Å²) in [4.78, 5) is 2.26. The molecule has 0 radical (unpaired) electrons. The second-order valence-electron chi connectivity index (χ2n) is 8.01. The molecule has 2 N–H and O–H groups in total. The third-order valence-electron chi connectivity index (χ3n) is 6.00. The Morgan fingerprint density at radius 2 is 1.93 bits per heavy atom. The summed E-state index contributed by atoms with van der Waals surface area (Å²) in [5, 5.41) is 21.9. The molecule has 156 valence electrons. The first kappa shape index (κ1) is 20.5. The summed E-state index contributed by atoms with van der Waals surface area (Å²) in [5.74, 6) is 1.55. The highest BCUT2D eigenvalue weighted by molar-refractivity contribution is 6.30. The smallest absolute Gasteiger partial charge is 0.126 e. The molecule has 2 heterocycles. The first-order valence-corrected chi connectivity index (χ1v) is 10.7. The number of ether oxygens (including phenoxy) is 2. The van der Waals surface area contributed by atoms with E-state index in [0.717, 1.165) is 48.6 Å². The van der Waals surface area contributed by atoms with E-state index < -0.39 is 12.2 Å². The first-order chi connectivity index (χ1) is 14.0. The Morgan fingerprint density at radius 1 is 1.21 bits per heavy atom. The molecular weight excluding hydrogens is 390 g/mol. The van der Waals surface area contributed by atoms with E-state index in [1.165, 1.54) is 0 Å². The van der Waals surface area contributed by atoms with Crippen molar-refractivity contribution in [3.05, 3.63) is 58.6 Å². The van der Waals surface area contributed by atoms with E-state index in [1.54, 1.807) is 12.1 Å². The lowest BCUT2D eigenvalue weighted by Crippen LogP contribution is -2.51. The second-order valence-corrected chi connectivity index (χ2v) is 8.44. The number of hydrogen-bond acceptors (Lipinski definition) is 5. The number of halogens is 1. The van der Waals surface area contributed by atoms with Crippen LogP contribution in [0.3, 0.4) is 0 Å². The SMILES string of the molecule is CCOc1ccc([C@@H](O)CN2CCC3(CC2)C[C@@H](O)c2cc(Cl)ccc2O3)cc1. The van der Waals surface area contributed by atoms with Crippen LogP contribution in [-0.2, 0) is 0 Å². The van der Waals surface area contributed by atoms with Gasteiger partial charge in [-0.2, -0.15) is 0 Å². The van der Waals surface area contributed by atoms with Gasteiger partial charge in [-0.1, -0.05) is 23.7 Å². The van der Waals surface area contributed by atoms with Crippen molar-refractivity contribution in [3.63, 3.8) is 0 Å². The van der Waals surface area contributed by atoms with Crippen LogP contribution in [-0.4, -0.2) is 47.0 Å². The molecule has 0 unspecified atom stereocenters. The zero-order valence-corrected chi connectivity index (χ0v) is 17.4. The standard InChI is InChI=1S/C23H28ClNO4/c1-2-28-18-6-3-16(4-7-18)21(27)15-25-11-9-23(10-12-25)14-20(26)19-13-17(24)5-8-22(19)29-23/h3-8,13,20-21,26-27H,2,9-12,14-15H2,1H3/t20-,21+/m1/s1. The fourth-order valence-corrected chi connectivity index (χ4v) is 4.54. The Labute approximate surface area is 176 Å². The minimum atomic E-state index is -0.557. The highest BCUT2D eigenvalue weighted by atomic mass is 35.5. The molecule has 2 aromatic rings. The van der Waals surface area contributed by atoms with Crippen LogP contribution in [0.5, 0.6) is 11.5 Å². The van der Waals surface area contributed by atoms with Crippen LogP contribution in [0.2, 0.25) is 5.02 Å². The van der Waals surface area contributed by atoms with Gasteiger partial charge in [0.05, 0.1) is 18.8 Å². The van der Waals surface area contributed by atoms with E-state index in [2.05, 4.69) is 4.90 Å². The molecule has 1 saturated heterocycles. The van der Waals surface area contributed by atoms with Gasteiger partial charge in [0.2, 0.25) is 0 Å². The Kier molecular flexibility index (Phi) is 6.02. The fraction of sp³-hybridized carbons (Fsp3) is 0.478. The Hall–Kier alpha value is -1.79. The lowest BCUT2D eigenvalue weighted by Gasteiger charge is -2.46. The highest BCUT2D eigenvalue weighted by Crippen LogP contribution is 2.45. The summed E-state index contributed by atoms with van der Waals surface area (Å²) in [5.41, 5.74) is 1.32. The minimum absolute atomic E-state index is 0.346. The predicted octanol–water partition coefficient (Wildman–Crippen LogP) is 4.12. The zero-order chi connectivity index (χ0) is 20.4. The van der Waals surface area contributed by atoms with Crippen molar-refractivity contribution in [2.45, 2.75) is 44.0 Å². The molecule has 1 spiro atoms. The third kappa shape index (κ3) is 4.53. The van der Waals surface area contributed by atoms with Gasteiger partial charge in [0.15, 0.2) is 0 Å². The van der Waals surface area contributed by atoms with E-state index in [4.69, 9.17) is 21.1 Å². The number of fused-ring (bicyclic) bond motifs is 1. The van der Waals surface area contributed by atoms with Gasteiger partial charge in [-0.15, -0.1) is 0 Å². The number of piperidine rings is 1. The monoisotopic (exact) mass is 417 g/mol. The van der Waals surface area contributed by atoms with Crippen molar-refractivity contribution in [1.82, 2.24) is 4.90 Å². The van der Waals surface area contributed by atoms with Crippen molar-refractivity contribution in [1.29, 1.82) is 0 Å². The molecule has 0 bridgehead atoms. The number of benzene rings is 2. The van der Waals surface area contributed by atoms with Gasteiger partial charge in [-0.3, -0.25) is 0 Å². The average molecular weight is 418 g/mol. The molecule has 0 aromatic heterocycles. The highest BCUT2D eigenvalue weighted by Gasteiger charge is 2.43. The van der Waals surface area contributed by atoms with E-state index >= 15 is 0 Å². The topological polar surface area (TPSA) is 62.2 Å². The fourth-order valence-electron chi connectivity index (χ4n) is 4.36. The molecule has 0 amide bonds. The van der Waals surface area contributed by atoms with E-state index in [9.17, 15) is 10.2 Å². The van der Waals surface area contributed by atoms with Gasteiger partial charge in [-0.25, -0.2) is 0 Å². The predicted molar refractivity (Wildman–Crippen MR) is 113 cm³/mol. The van der Waals surface area contributed by atoms with Gasteiger partial charge < -0.3 is 24.6 Å². The molecular formula is C23H28ClNO4. The number of hydrogen-bond donors (Lipinski definition) is 2. The largest absolute Gasteiger partial charge is 0.494 e. The summed E-state index contributed by atoms with van der Waals surface area (Å²) >= 11 is 6.06. The van der Waals surface area contributed by atoms with E-state index in [1.807, 2.05) is 37.3 Å². The quantitative estimate of drug-likeness (QED) is 0.766. The van der Waals surface area contributed by atoms with Crippen molar-refractivity contribution in [3.8, 4) is 11.5 Å². The Balaban J connectivity index is 1.35. The molecule has 2 atom stereocenters. The van der Waals surface area contributed by atoms with Crippen LogP contribution in [0.25, 0.3) is 0 Å². The van der Waals surface area contributed by atoms with E-state index in [0.29, 0.717) is 24.6 Å². The Morgan fingerprint density at radius 3 is 2.62 bits per heavy atom. The molecule has 0 saturated carbocycles. The normalized spacial score (nSPS) is 22.0. The zero-order valence-electron chi connectivity index (χ0n) is 16.7. The lowest BCUT2D eigenvalue weighted by molar-refractivity contribution is -0.0587. The summed E-state index contributed by atoms with van der Waals surface area (Å²) in [7, 11) is 0. The van der Waals surface area contributed by atoms with Crippen LogP contribution in [0.4, 0.5) is 0 Å². The maximum atomic E-state index is 10.6. The van der Waals surface area contributed by atoms with Crippen LogP contribution < -0.4 is 9.47 Å². The molecule has 2 aliphatic heterocycles. The third-order valence-corrected chi connectivity index (χ3v) is 6.23. The second kappa shape index (κ2) is 8.52. The van der Waals surface area contributed by atoms with Gasteiger partial charge in [0.1, 0.15) is 17.1 Å². The van der Waals surface area contributed by atoms with Gasteiger partial charge in [0, 0.05) is 36.6 Å². The van der Waals surface area contributed by atoms with Gasteiger partial charge in [-0.05, 0) is 55.7 Å². The minimum Gasteiger partial charge on any atom is -0.494 e. The molecule has 2 aromatic carbocycles. The maximum absolute atomic E-state index is 10.6. The van der Waals surface area contributed by atoms with Crippen molar-refractivity contribution >= 4 is 11.6 Å². The maximum Gasteiger partial charge on any atom is 0.126 e. The van der Waals surface area contributed by atoms with Crippen LogP contribution in [0.1, 0.15) is 49.5 Å². The molecule has 1 fully saturated rings. The molecule has 29 heavy (non-hydrogen) atoms. The summed E-state index contributed by atoms with van der Waals surface area (Å²) < 4.78 is 11.8. The number of β-amino-alcohol motifs (C(OH)–C–C–N with tert-alkyl or cyclic N) is 1. The van der Waals surface area contributed by atoms with Gasteiger partial charge in [0.25, 0.3) is 0 Å². The number of aliphatic hydroxyl groups is 2. The van der Waals surface area contributed by atoms with Crippen LogP contribution in [0.15, 0.2) is 42.5 Å². The number of nitrogens with zero attached hydrogens (tertiary/aromatic N) is 1. The summed E-state index contributed by atoms with van der Waals surface area (Å²) in [6.45, 7) is 4.81. The first-order valence-electron chi connectivity index (χ1n) is 10.3. The van der Waals surface area contributed by atoms with Crippen molar-refractivity contribution in [2.24, 2.45) is 0 Å². The van der Waals surface area contributed by atoms with Gasteiger partial charge >= 0.3 is 0 Å². The average Bonchev–Trinajstić information content (AvgIpc) is 2.71. The lowest BCUT2D eigenvalue weighted by atomic mass is 9.81. The van der Waals surface area contributed by atoms with Crippen LogP contribution >= 0.6 is 11.6 Å². The van der Waals surface area contributed by atoms with Crippen molar-refractivity contribution < 1.29 is 19.7 Å². The molecule has 5 nitrogen and oxygen atoms in total. The molecule has 0 aliphatic carbocycles. The molecule has 2 aliphatic rings. The molecule has 6 heteroatoms. The summed E-state index contributed by atoms with van der Waals surface area (Å²) in [6.07, 6.45) is 1.12. The number of rotatable bonds is 5. The van der Waals surface area contributed by atoms with E-state index in [-0.39, 0.29) is 5.60 Å². The summed E-state index contributed by atoms with van der Waals surface area (Å²) in [6, 6.07) is 13.1. The number of likely N-dealkylation sites (tertiary alicyclic amines) is 1. The molecule has 4 rings (SSSR count).